The Morgan fingerprint density at radius 3 is 1.76 bits per heavy atom. The molecular weight excluding hydrogens is 228 g/mol. The summed E-state index contributed by atoms with van der Waals surface area (Å²) < 4.78 is 0.805. The number of hydrogen-bond acceptors (Lipinski definition) is 5. The van der Waals surface area contributed by atoms with E-state index in [1.165, 1.54) is 0 Å². The van der Waals surface area contributed by atoms with Gasteiger partial charge in [0.25, 0.3) is 5.56 Å². The maximum Gasteiger partial charge on any atom is 0.345 e. The van der Waals surface area contributed by atoms with Crippen LogP contribution in [0.4, 0.5) is 0 Å². The predicted octanol–water partition coefficient (Wildman–Crippen LogP) is -0.467. The monoisotopic (exact) mass is 238 g/mol. The molecule has 1 aromatic heterocycles. The molecule has 0 aromatic carbocycles. The van der Waals surface area contributed by atoms with Crippen molar-refractivity contribution in [1.29, 1.82) is 0 Å². The molecule has 0 aliphatic carbocycles. The van der Waals surface area contributed by atoms with Gasteiger partial charge in [-0.2, -0.15) is 4.57 Å². The highest BCUT2D eigenvalue weighted by molar-refractivity contribution is 5.96. The molecule has 0 N–H and O–H groups in total. The van der Waals surface area contributed by atoms with Crippen molar-refractivity contribution in [3.05, 3.63) is 32.6 Å². The van der Waals surface area contributed by atoms with Crippen molar-refractivity contribution in [2.45, 2.75) is 20.8 Å². The van der Waals surface area contributed by atoms with Crippen LogP contribution in [0.2, 0.25) is 0 Å². The average molecular weight is 238 g/mol. The minimum absolute atomic E-state index is 0.299. The number of hydrogen-bond donors (Lipinski definition) is 0. The van der Waals surface area contributed by atoms with Gasteiger partial charge in [0.15, 0.2) is 5.78 Å². The zero-order chi connectivity index (χ0) is 13.3. The Morgan fingerprint density at radius 2 is 1.41 bits per heavy atom. The SMILES string of the molecule is CC(=O)c1cc(=O)n(C(C)=O)c(=O)n1C(C)=O. The smallest absolute Gasteiger partial charge is 0.293 e. The molecular formula is C10H10N2O5. The molecule has 0 atom stereocenters. The minimum Gasteiger partial charge on any atom is -0.293 e. The van der Waals surface area contributed by atoms with Gasteiger partial charge in [-0.25, -0.2) is 9.36 Å². The number of nitrogens with zero attached hydrogens (tertiary/aromatic N) is 2. The van der Waals surface area contributed by atoms with Crippen molar-refractivity contribution in [3.63, 3.8) is 0 Å². The Hall–Kier alpha value is -2.31. The van der Waals surface area contributed by atoms with Crippen molar-refractivity contribution >= 4 is 17.6 Å². The van der Waals surface area contributed by atoms with Crippen LogP contribution in [0.25, 0.3) is 0 Å². The van der Waals surface area contributed by atoms with Crippen LogP contribution in [-0.4, -0.2) is 26.7 Å². The summed E-state index contributed by atoms with van der Waals surface area (Å²) in [5, 5.41) is 0. The van der Waals surface area contributed by atoms with E-state index in [2.05, 4.69) is 0 Å². The highest BCUT2D eigenvalue weighted by Gasteiger charge is 2.18. The summed E-state index contributed by atoms with van der Waals surface area (Å²) in [7, 11) is 0. The lowest BCUT2D eigenvalue weighted by Crippen LogP contribution is -2.45. The van der Waals surface area contributed by atoms with Gasteiger partial charge in [-0.05, 0) is 0 Å². The Bertz CT molecular complexity index is 635. The van der Waals surface area contributed by atoms with Crippen LogP contribution >= 0.6 is 0 Å². The van der Waals surface area contributed by atoms with Gasteiger partial charge in [0.2, 0.25) is 11.8 Å². The Morgan fingerprint density at radius 1 is 0.941 bits per heavy atom. The number of aromatic nitrogens is 2. The number of carbonyl (C=O) groups excluding carboxylic acids is 3. The van der Waals surface area contributed by atoms with Gasteiger partial charge in [-0.3, -0.25) is 19.2 Å². The van der Waals surface area contributed by atoms with Crippen LogP contribution in [0.1, 0.15) is 40.8 Å². The van der Waals surface area contributed by atoms with Crippen LogP contribution in [-0.2, 0) is 0 Å². The summed E-state index contributed by atoms with van der Waals surface area (Å²) >= 11 is 0. The standard InChI is InChI=1S/C10H10N2O5/c1-5(13)8-4-9(16)12(7(3)15)10(17)11(8)6(2)14/h4H,1-3H3. The Balaban J connectivity index is 3.91. The summed E-state index contributed by atoms with van der Waals surface area (Å²) in [6.07, 6.45) is 0. The summed E-state index contributed by atoms with van der Waals surface area (Å²) in [6.45, 7) is 3.19. The van der Waals surface area contributed by atoms with Gasteiger partial charge < -0.3 is 0 Å². The highest BCUT2D eigenvalue weighted by atomic mass is 16.2. The average Bonchev–Trinajstić information content (AvgIpc) is 2.14. The lowest BCUT2D eigenvalue weighted by Gasteiger charge is -2.08. The fourth-order valence-electron chi connectivity index (χ4n) is 1.40. The largest absolute Gasteiger partial charge is 0.345 e. The molecule has 0 amide bonds. The van der Waals surface area contributed by atoms with Gasteiger partial charge in [0, 0.05) is 26.8 Å². The molecule has 7 heteroatoms. The number of rotatable bonds is 1. The molecule has 0 fully saturated rings. The van der Waals surface area contributed by atoms with E-state index < -0.39 is 28.8 Å². The second-order valence-corrected chi connectivity index (χ2v) is 3.42. The molecule has 0 radical (unpaired) electrons. The third-order valence-electron chi connectivity index (χ3n) is 2.09. The summed E-state index contributed by atoms with van der Waals surface area (Å²) in [5.41, 5.74) is -2.38. The number of Topliss-reactive ketones (excluding diaryl/α,β-unsaturated/α-hetero) is 1. The third-order valence-corrected chi connectivity index (χ3v) is 2.09. The molecule has 0 aliphatic heterocycles. The van der Waals surface area contributed by atoms with Crippen LogP contribution in [0.5, 0.6) is 0 Å². The molecule has 7 nitrogen and oxygen atoms in total. The quantitative estimate of drug-likeness (QED) is 0.616. The molecule has 90 valence electrons. The van der Waals surface area contributed by atoms with Crippen LogP contribution in [0, 0.1) is 0 Å². The van der Waals surface area contributed by atoms with Crippen molar-refractivity contribution in [1.82, 2.24) is 9.13 Å². The first-order chi connectivity index (χ1) is 7.77. The molecule has 1 aromatic rings. The second kappa shape index (κ2) is 4.28. The topological polar surface area (TPSA) is 95.2 Å². The molecule has 17 heavy (non-hydrogen) atoms. The fourth-order valence-corrected chi connectivity index (χ4v) is 1.40. The fraction of sp³-hybridized carbons (Fsp3) is 0.300. The summed E-state index contributed by atoms with van der Waals surface area (Å²) in [4.78, 5) is 56.7. The lowest BCUT2D eigenvalue weighted by atomic mass is 10.3. The van der Waals surface area contributed by atoms with Gasteiger partial charge in [0.05, 0.1) is 0 Å². The molecule has 0 bridgehead atoms. The molecule has 1 rings (SSSR count). The normalized spacial score (nSPS) is 10.1. The predicted molar refractivity (Wildman–Crippen MR) is 57.6 cm³/mol. The molecule has 0 unspecified atom stereocenters. The van der Waals surface area contributed by atoms with E-state index >= 15 is 0 Å². The van der Waals surface area contributed by atoms with Crippen LogP contribution in [0.15, 0.2) is 15.7 Å². The second-order valence-electron chi connectivity index (χ2n) is 3.42. The van der Waals surface area contributed by atoms with Gasteiger partial charge >= 0.3 is 5.69 Å². The van der Waals surface area contributed by atoms with Gasteiger partial charge in [0.1, 0.15) is 5.69 Å². The van der Waals surface area contributed by atoms with Crippen molar-refractivity contribution in [2.24, 2.45) is 0 Å². The van der Waals surface area contributed by atoms with E-state index in [0.29, 0.717) is 9.13 Å². The van der Waals surface area contributed by atoms with Crippen molar-refractivity contribution < 1.29 is 14.4 Å². The zero-order valence-corrected chi connectivity index (χ0v) is 9.51. The highest BCUT2D eigenvalue weighted by Crippen LogP contribution is 1.95. The molecule has 1 heterocycles. The van der Waals surface area contributed by atoms with Crippen LogP contribution in [0.3, 0.4) is 0 Å². The first-order valence-electron chi connectivity index (χ1n) is 4.69. The summed E-state index contributed by atoms with van der Waals surface area (Å²) in [6, 6.07) is 0.798. The van der Waals surface area contributed by atoms with E-state index in [1.54, 1.807) is 0 Å². The van der Waals surface area contributed by atoms with Gasteiger partial charge in [-0.15, -0.1) is 0 Å². The number of ketones is 1. The zero-order valence-electron chi connectivity index (χ0n) is 9.51. The van der Waals surface area contributed by atoms with E-state index in [9.17, 15) is 24.0 Å². The Labute approximate surface area is 95.3 Å². The van der Waals surface area contributed by atoms with E-state index in [0.717, 1.165) is 26.8 Å². The van der Waals surface area contributed by atoms with Crippen molar-refractivity contribution in [3.8, 4) is 0 Å². The molecule has 0 spiro atoms. The maximum atomic E-state index is 11.7. The maximum absolute atomic E-state index is 11.7. The Kier molecular flexibility index (Phi) is 3.21. The first kappa shape index (κ1) is 12.8. The molecule has 0 saturated heterocycles. The van der Waals surface area contributed by atoms with Crippen LogP contribution < -0.4 is 11.2 Å². The summed E-state index contributed by atoms with van der Waals surface area (Å²) in [5.74, 6) is -2.16. The van der Waals surface area contributed by atoms with E-state index in [-0.39, 0.29) is 5.69 Å². The lowest BCUT2D eigenvalue weighted by molar-refractivity contribution is 0.0883. The van der Waals surface area contributed by atoms with Crippen molar-refractivity contribution in [2.75, 3.05) is 0 Å². The van der Waals surface area contributed by atoms with Gasteiger partial charge in [-0.1, -0.05) is 0 Å². The van der Waals surface area contributed by atoms with E-state index in [4.69, 9.17) is 0 Å². The minimum atomic E-state index is -1.12. The third kappa shape index (κ3) is 2.12. The number of carbonyl (C=O) groups is 3. The van der Waals surface area contributed by atoms with E-state index in [1.807, 2.05) is 0 Å². The molecule has 0 saturated carbocycles. The first-order valence-corrected chi connectivity index (χ1v) is 4.69. The molecule has 0 aliphatic rings.